The van der Waals surface area contributed by atoms with Gasteiger partial charge in [0, 0.05) is 43.1 Å². The van der Waals surface area contributed by atoms with E-state index in [0.717, 1.165) is 6.42 Å². The summed E-state index contributed by atoms with van der Waals surface area (Å²) in [5, 5.41) is 5.39. The molecular formula is C33H38FN5O4S. The van der Waals surface area contributed by atoms with Crippen LogP contribution in [-0.2, 0) is 34.2 Å². The van der Waals surface area contributed by atoms with E-state index in [-0.39, 0.29) is 36.1 Å². The summed E-state index contributed by atoms with van der Waals surface area (Å²) in [6.07, 6.45) is 6.19. The quantitative estimate of drug-likeness (QED) is 0.180. The minimum Gasteiger partial charge on any atom is -0.321 e. The first-order valence-corrected chi connectivity index (χ1v) is 16.4. The van der Waals surface area contributed by atoms with E-state index in [4.69, 9.17) is 10.1 Å². The average Bonchev–Trinajstić information content (AvgIpc) is 3.35. The van der Waals surface area contributed by atoms with E-state index >= 15 is 4.39 Å². The van der Waals surface area contributed by atoms with Gasteiger partial charge in [0.2, 0.25) is 15.9 Å². The Hall–Kier alpha value is -4.22. The summed E-state index contributed by atoms with van der Waals surface area (Å²) < 4.78 is 41.7. The van der Waals surface area contributed by atoms with Gasteiger partial charge in [-0.3, -0.25) is 14.6 Å². The van der Waals surface area contributed by atoms with Gasteiger partial charge in [0.15, 0.2) is 5.78 Å². The maximum Gasteiger partial charge on any atom is 0.238 e. The molecule has 0 saturated heterocycles. The third-order valence-corrected chi connectivity index (χ3v) is 8.33. The molecule has 0 aliphatic heterocycles. The normalized spacial score (nSPS) is 11.5. The standard InChI is InChI=1S/C33H38FN5O4S/c1-4-10-31-37-28(6-3)33(29(40)17-19-38(32(41)11-5-2)25-12-9-18-36-21-25)39(31)22-24-16-15-23(20-27(24)34)26-13-7-8-14-30(26)44(35,42)43/h7-9,12-16,18,20-21H,4-6,10-11,17,19,22H2,1-3H3,(H2,35,42,43). The van der Waals surface area contributed by atoms with Gasteiger partial charge in [-0.15, -0.1) is 0 Å². The van der Waals surface area contributed by atoms with Crippen molar-refractivity contribution >= 4 is 27.4 Å². The zero-order valence-corrected chi connectivity index (χ0v) is 26.1. The fourth-order valence-corrected chi connectivity index (χ4v) is 6.02. The highest BCUT2D eigenvalue weighted by Gasteiger charge is 2.25. The van der Waals surface area contributed by atoms with E-state index < -0.39 is 15.8 Å². The number of ketones is 1. The SMILES string of the molecule is CCCC(=O)N(CCC(=O)c1c(CC)nc(CCC)n1Cc1ccc(-c2ccccc2S(N)(=O)=O)cc1F)c1cccnc1. The lowest BCUT2D eigenvalue weighted by Gasteiger charge is -2.22. The third-order valence-electron chi connectivity index (χ3n) is 7.36. The van der Waals surface area contributed by atoms with Crippen LogP contribution in [0.25, 0.3) is 11.1 Å². The van der Waals surface area contributed by atoms with Crippen molar-refractivity contribution in [3.05, 3.63) is 95.6 Å². The van der Waals surface area contributed by atoms with Crippen molar-refractivity contribution in [2.24, 2.45) is 5.14 Å². The van der Waals surface area contributed by atoms with Gasteiger partial charge in [0.05, 0.1) is 29.0 Å². The summed E-state index contributed by atoms with van der Waals surface area (Å²) in [5.41, 5.74) is 2.66. The maximum absolute atomic E-state index is 15.6. The van der Waals surface area contributed by atoms with Crippen molar-refractivity contribution < 1.29 is 22.4 Å². The molecule has 0 fully saturated rings. The summed E-state index contributed by atoms with van der Waals surface area (Å²) in [4.78, 5) is 37.2. The second kappa shape index (κ2) is 14.5. The molecule has 1 amide bonds. The molecule has 0 aliphatic carbocycles. The zero-order chi connectivity index (χ0) is 31.9. The van der Waals surface area contributed by atoms with Crippen molar-refractivity contribution in [1.29, 1.82) is 0 Å². The number of imidazole rings is 1. The number of nitrogens with two attached hydrogens (primary N) is 1. The van der Waals surface area contributed by atoms with Crippen molar-refractivity contribution in [3.63, 3.8) is 0 Å². The molecule has 2 N–H and O–H groups in total. The Kier molecular flexibility index (Phi) is 10.8. The van der Waals surface area contributed by atoms with E-state index in [0.29, 0.717) is 65.3 Å². The molecule has 0 spiro atoms. The van der Waals surface area contributed by atoms with Crippen LogP contribution in [-0.4, -0.2) is 41.2 Å². The number of aryl methyl sites for hydroxylation is 2. The van der Waals surface area contributed by atoms with Crippen molar-refractivity contribution in [1.82, 2.24) is 14.5 Å². The number of anilines is 1. The first-order valence-electron chi connectivity index (χ1n) is 14.8. The second-order valence-electron chi connectivity index (χ2n) is 10.5. The number of pyridine rings is 1. The first-order chi connectivity index (χ1) is 21.1. The number of sulfonamides is 1. The number of rotatable bonds is 14. The van der Waals surface area contributed by atoms with Gasteiger partial charge in [0.25, 0.3) is 0 Å². The highest BCUT2D eigenvalue weighted by atomic mass is 32.2. The maximum atomic E-state index is 15.6. The number of benzene rings is 2. The Morgan fingerprint density at radius 3 is 2.41 bits per heavy atom. The molecule has 0 aliphatic rings. The number of carbonyl (C=O) groups excluding carboxylic acids is 2. The number of amides is 1. The van der Waals surface area contributed by atoms with Gasteiger partial charge in [-0.05, 0) is 49.1 Å². The van der Waals surface area contributed by atoms with Crippen LogP contribution in [0, 0.1) is 5.82 Å². The zero-order valence-electron chi connectivity index (χ0n) is 25.3. The molecule has 2 aromatic heterocycles. The molecule has 11 heteroatoms. The highest BCUT2D eigenvalue weighted by molar-refractivity contribution is 7.89. The number of aromatic nitrogens is 3. The molecule has 2 heterocycles. The van der Waals surface area contributed by atoms with Crippen LogP contribution in [0.3, 0.4) is 0 Å². The molecule has 0 atom stereocenters. The molecule has 0 radical (unpaired) electrons. The Labute approximate surface area is 258 Å². The van der Waals surface area contributed by atoms with Gasteiger partial charge in [-0.1, -0.05) is 51.1 Å². The summed E-state index contributed by atoms with van der Waals surface area (Å²) in [5.74, 6) is -0.140. The van der Waals surface area contributed by atoms with Gasteiger partial charge in [-0.25, -0.2) is 22.9 Å². The Balaban J connectivity index is 1.67. The topological polar surface area (TPSA) is 128 Å². The lowest BCUT2D eigenvalue weighted by Crippen LogP contribution is -2.33. The van der Waals surface area contributed by atoms with Gasteiger partial charge < -0.3 is 9.47 Å². The number of hydrogen-bond donors (Lipinski definition) is 1. The largest absolute Gasteiger partial charge is 0.321 e. The van der Waals surface area contributed by atoms with E-state index in [1.54, 1.807) is 64.3 Å². The fourth-order valence-electron chi connectivity index (χ4n) is 5.26. The number of Topliss-reactive ketones (excluding diaryl/α,β-unsaturated/α-hetero) is 1. The first kappa shape index (κ1) is 32.7. The predicted octanol–water partition coefficient (Wildman–Crippen LogP) is 5.70. The van der Waals surface area contributed by atoms with Gasteiger partial charge in [0.1, 0.15) is 17.3 Å². The molecule has 4 rings (SSSR count). The van der Waals surface area contributed by atoms with E-state index in [2.05, 4.69) is 4.98 Å². The van der Waals surface area contributed by atoms with Crippen molar-refractivity contribution in [2.75, 3.05) is 11.4 Å². The Bertz CT molecular complexity index is 1740. The van der Waals surface area contributed by atoms with Gasteiger partial charge in [-0.2, -0.15) is 0 Å². The Morgan fingerprint density at radius 2 is 1.77 bits per heavy atom. The number of hydrogen-bond acceptors (Lipinski definition) is 6. The fraction of sp³-hybridized carbons (Fsp3) is 0.333. The number of carbonyl (C=O) groups is 2. The molecule has 44 heavy (non-hydrogen) atoms. The Morgan fingerprint density at radius 1 is 1.00 bits per heavy atom. The summed E-state index contributed by atoms with van der Waals surface area (Å²) >= 11 is 0. The van der Waals surface area contributed by atoms with Crippen molar-refractivity contribution in [3.8, 4) is 11.1 Å². The molecule has 4 aromatic rings. The summed E-state index contributed by atoms with van der Waals surface area (Å²) in [7, 11) is -4.02. The summed E-state index contributed by atoms with van der Waals surface area (Å²) in [6, 6.07) is 14.2. The van der Waals surface area contributed by atoms with Crippen LogP contribution >= 0.6 is 0 Å². The molecule has 0 saturated carbocycles. The van der Waals surface area contributed by atoms with Gasteiger partial charge >= 0.3 is 0 Å². The van der Waals surface area contributed by atoms with E-state index in [1.165, 1.54) is 12.1 Å². The van der Waals surface area contributed by atoms with Crippen LogP contribution in [0.4, 0.5) is 10.1 Å². The van der Waals surface area contributed by atoms with E-state index in [1.807, 2.05) is 20.8 Å². The van der Waals surface area contributed by atoms with Crippen LogP contribution in [0.5, 0.6) is 0 Å². The molecule has 2 aromatic carbocycles. The lowest BCUT2D eigenvalue weighted by atomic mass is 10.0. The summed E-state index contributed by atoms with van der Waals surface area (Å²) in [6.45, 7) is 6.09. The molecule has 9 nitrogen and oxygen atoms in total. The molecule has 0 bridgehead atoms. The van der Waals surface area contributed by atoms with Crippen LogP contribution < -0.4 is 10.0 Å². The third kappa shape index (κ3) is 7.46. The highest BCUT2D eigenvalue weighted by Crippen LogP contribution is 2.29. The molecular weight excluding hydrogens is 581 g/mol. The van der Waals surface area contributed by atoms with Crippen molar-refractivity contribution in [2.45, 2.75) is 70.7 Å². The number of halogens is 1. The minimum atomic E-state index is -4.02. The predicted molar refractivity (Wildman–Crippen MR) is 168 cm³/mol. The van der Waals surface area contributed by atoms with Crippen LogP contribution in [0.15, 0.2) is 71.9 Å². The molecule has 232 valence electrons. The van der Waals surface area contributed by atoms with E-state index in [9.17, 15) is 18.0 Å². The lowest BCUT2D eigenvalue weighted by molar-refractivity contribution is -0.118. The van der Waals surface area contributed by atoms with Crippen LogP contribution in [0.2, 0.25) is 0 Å². The smallest absolute Gasteiger partial charge is 0.238 e. The molecule has 0 unspecified atom stereocenters. The number of primary sulfonamides is 1. The monoisotopic (exact) mass is 619 g/mol. The average molecular weight is 620 g/mol. The minimum absolute atomic E-state index is 0.0559. The number of nitrogens with zero attached hydrogens (tertiary/aromatic N) is 4. The second-order valence-corrected chi connectivity index (χ2v) is 12.1. The van der Waals surface area contributed by atoms with Crippen LogP contribution in [0.1, 0.15) is 74.0 Å².